The second kappa shape index (κ2) is 11.4. The first kappa shape index (κ1) is 27.3. The number of hydrogen-bond donors (Lipinski definition) is 2. The van der Waals surface area contributed by atoms with Gasteiger partial charge in [-0.25, -0.2) is 4.99 Å². The van der Waals surface area contributed by atoms with Crippen LogP contribution in [0.1, 0.15) is 29.0 Å². The van der Waals surface area contributed by atoms with Crippen molar-refractivity contribution in [2.45, 2.75) is 12.3 Å². The summed E-state index contributed by atoms with van der Waals surface area (Å²) in [5.74, 6) is 0.867. The van der Waals surface area contributed by atoms with Crippen LogP contribution in [0, 0.1) is 0 Å². The Labute approximate surface area is 272 Å². The average molecular weight is 607 g/mol. The first-order chi connectivity index (χ1) is 23.3. The number of fused-ring (bicyclic) bond motifs is 4. The molecule has 0 aliphatic carbocycles. The van der Waals surface area contributed by atoms with Gasteiger partial charge in [0.25, 0.3) is 0 Å². The molecule has 224 valence electrons. The van der Waals surface area contributed by atoms with Gasteiger partial charge in [-0.15, -0.1) is 0 Å². The van der Waals surface area contributed by atoms with Crippen molar-refractivity contribution in [1.82, 2.24) is 15.6 Å². The number of amidine groups is 1. The molecule has 1 aliphatic rings. The molecule has 0 spiro atoms. The molecular weight excluding hydrogens is 576 g/mol. The zero-order valence-electron chi connectivity index (χ0n) is 25.5. The molecule has 1 aliphatic heterocycles. The van der Waals surface area contributed by atoms with Crippen LogP contribution in [0.2, 0.25) is 0 Å². The number of rotatable bonds is 5. The fourth-order valence-electron chi connectivity index (χ4n) is 6.80. The number of aliphatic imine (C=N–C) groups is 1. The van der Waals surface area contributed by atoms with Crippen molar-refractivity contribution >= 4 is 38.5 Å². The van der Waals surface area contributed by atoms with Crippen molar-refractivity contribution in [3.05, 3.63) is 175 Å². The lowest BCUT2D eigenvalue weighted by molar-refractivity contribution is 0.409. The van der Waals surface area contributed by atoms with E-state index in [1.807, 2.05) is 36.7 Å². The van der Waals surface area contributed by atoms with E-state index in [0.717, 1.165) is 55.6 Å². The number of benzene rings is 6. The van der Waals surface area contributed by atoms with Crippen LogP contribution in [0.4, 0.5) is 0 Å². The zero-order valence-corrected chi connectivity index (χ0v) is 25.5. The van der Waals surface area contributed by atoms with Gasteiger partial charge in [0, 0.05) is 28.1 Å². The van der Waals surface area contributed by atoms with Crippen LogP contribution >= 0.6 is 0 Å². The Morgan fingerprint density at radius 1 is 0.489 bits per heavy atom. The van der Waals surface area contributed by atoms with Gasteiger partial charge >= 0.3 is 0 Å². The van der Waals surface area contributed by atoms with Gasteiger partial charge < -0.3 is 9.73 Å². The van der Waals surface area contributed by atoms with Crippen LogP contribution < -0.4 is 10.6 Å². The van der Waals surface area contributed by atoms with Gasteiger partial charge in [0.15, 0.2) is 5.58 Å². The highest BCUT2D eigenvalue weighted by molar-refractivity contribution is 6.16. The fourth-order valence-corrected chi connectivity index (χ4v) is 6.80. The van der Waals surface area contributed by atoms with E-state index in [9.17, 15) is 0 Å². The summed E-state index contributed by atoms with van der Waals surface area (Å²) in [6.45, 7) is 0. The number of hydrogen-bond acceptors (Lipinski definition) is 5. The summed E-state index contributed by atoms with van der Waals surface area (Å²) in [5, 5.41) is 11.9. The largest absolute Gasteiger partial charge is 0.454 e. The van der Waals surface area contributed by atoms with E-state index in [0.29, 0.717) is 0 Å². The average Bonchev–Trinajstić information content (AvgIpc) is 3.54. The number of aromatic nitrogens is 1. The van der Waals surface area contributed by atoms with Crippen LogP contribution in [0.3, 0.4) is 0 Å². The highest BCUT2D eigenvalue weighted by Gasteiger charge is 2.25. The number of para-hydroxylation sites is 1. The van der Waals surface area contributed by atoms with Gasteiger partial charge in [0.05, 0.1) is 6.20 Å². The minimum atomic E-state index is -0.167. The molecular formula is C42H30N4O. The summed E-state index contributed by atoms with van der Waals surface area (Å²) < 4.78 is 6.16. The van der Waals surface area contributed by atoms with E-state index in [-0.39, 0.29) is 12.3 Å². The Hall–Kier alpha value is -6.04. The molecule has 0 amide bonds. The molecule has 2 aromatic heterocycles. The second-order valence-electron chi connectivity index (χ2n) is 11.9. The van der Waals surface area contributed by atoms with Crippen molar-refractivity contribution in [3.63, 3.8) is 0 Å². The lowest BCUT2D eigenvalue weighted by atomic mass is 9.91. The molecule has 0 bridgehead atoms. The highest BCUT2D eigenvalue weighted by Crippen LogP contribution is 2.41. The summed E-state index contributed by atoms with van der Waals surface area (Å²) in [7, 11) is 0. The summed E-state index contributed by atoms with van der Waals surface area (Å²) in [6, 6.07) is 50.8. The van der Waals surface area contributed by atoms with Gasteiger partial charge in [-0.1, -0.05) is 140 Å². The minimum Gasteiger partial charge on any atom is -0.454 e. The normalized spacial score (nSPS) is 16.3. The number of nitrogens with zero attached hydrogens (tertiary/aromatic N) is 2. The Morgan fingerprint density at radius 2 is 1.11 bits per heavy atom. The quantitative estimate of drug-likeness (QED) is 0.205. The molecule has 0 fully saturated rings. The molecule has 8 aromatic rings. The van der Waals surface area contributed by atoms with Crippen molar-refractivity contribution in [3.8, 4) is 22.3 Å². The maximum absolute atomic E-state index is 6.16. The molecule has 2 unspecified atom stereocenters. The molecule has 0 saturated carbocycles. The van der Waals surface area contributed by atoms with Crippen molar-refractivity contribution in [2.24, 2.45) is 4.99 Å². The molecule has 2 atom stereocenters. The predicted molar refractivity (Wildman–Crippen MR) is 191 cm³/mol. The van der Waals surface area contributed by atoms with Crippen molar-refractivity contribution < 1.29 is 4.42 Å². The molecule has 6 aromatic carbocycles. The van der Waals surface area contributed by atoms with E-state index < -0.39 is 0 Å². The third-order valence-corrected chi connectivity index (χ3v) is 9.08. The van der Waals surface area contributed by atoms with Crippen LogP contribution in [0.5, 0.6) is 0 Å². The van der Waals surface area contributed by atoms with Crippen LogP contribution in [0.25, 0.3) is 55.0 Å². The zero-order chi connectivity index (χ0) is 31.2. The van der Waals surface area contributed by atoms with Crippen molar-refractivity contribution in [2.75, 3.05) is 0 Å². The minimum absolute atomic E-state index is 0.0728. The number of furan rings is 1. The van der Waals surface area contributed by atoms with E-state index in [2.05, 4.69) is 137 Å². The van der Waals surface area contributed by atoms with Gasteiger partial charge in [-0.2, -0.15) is 0 Å². The smallest absolute Gasteiger partial charge is 0.154 e. The van der Waals surface area contributed by atoms with Gasteiger partial charge in [-0.3, -0.25) is 10.3 Å². The molecule has 3 heterocycles. The fraction of sp³-hybridized carbons (Fsp3) is 0.0476. The highest BCUT2D eigenvalue weighted by atomic mass is 16.3. The van der Waals surface area contributed by atoms with Gasteiger partial charge in [-0.05, 0) is 44.7 Å². The molecule has 5 heteroatoms. The first-order valence-electron chi connectivity index (χ1n) is 15.9. The third kappa shape index (κ3) is 4.85. The lowest BCUT2D eigenvalue weighted by Gasteiger charge is -2.32. The molecule has 0 saturated heterocycles. The molecule has 5 nitrogen and oxygen atoms in total. The molecule has 2 N–H and O–H groups in total. The molecule has 0 radical (unpaired) electrons. The Kier molecular flexibility index (Phi) is 6.61. The summed E-state index contributed by atoms with van der Waals surface area (Å²) >= 11 is 0. The SMILES string of the molecule is c1ccc(C2N=C(c3ccc(-c4ccc(-c5cncc6oc7ccccc7c56)c5ccccc45)cc3)NC(c3ccccc3)N2)cc1. The standard InChI is InChI=1S/C42H30N4O/c1-3-11-28(12-4-1)40-44-41(29-13-5-2-6-14-29)46-42(45-40)30-21-19-27(20-22-30)31-23-24-34(33-16-8-7-15-32(31)33)36-25-43-26-38-39(36)35-17-9-10-18-37(35)47-38/h1-26,40-41,44H,(H,45,46). The summed E-state index contributed by atoms with van der Waals surface area (Å²) in [6.07, 6.45) is 3.53. The Bertz CT molecular complexity index is 2410. The third-order valence-electron chi connectivity index (χ3n) is 9.08. The Morgan fingerprint density at radius 3 is 1.87 bits per heavy atom. The second-order valence-corrected chi connectivity index (χ2v) is 11.9. The number of pyridine rings is 1. The van der Waals surface area contributed by atoms with Gasteiger partial charge in [0.1, 0.15) is 23.8 Å². The maximum atomic E-state index is 6.16. The van der Waals surface area contributed by atoms with E-state index in [1.54, 1.807) is 0 Å². The van der Waals surface area contributed by atoms with E-state index in [1.165, 1.54) is 21.9 Å². The summed E-state index contributed by atoms with van der Waals surface area (Å²) in [5.41, 5.74) is 9.54. The predicted octanol–water partition coefficient (Wildman–Crippen LogP) is 9.81. The number of nitrogens with one attached hydrogen (secondary N) is 2. The van der Waals surface area contributed by atoms with Crippen LogP contribution in [-0.4, -0.2) is 10.8 Å². The Balaban J connectivity index is 1.11. The lowest BCUT2D eigenvalue weighted by Crippen LogP contribution is -2.44. The topological polar surface area (TPSA) is 62.5 Å². The maximum Gasteiger partial charge on any atom is 0.154 e. The van der Waals surface area contributed by atoms with Crippen LogP contribution in [-0.2, 0) is 0 Å². The van der Waals surface area contributed by atoms with Gasteiger partial charge in [0.2, 0.25) is 0 Å². The monoisotopic (exact) mass is 606 g/mol. The van der Waals surface area contributed by atoms with Crippen molar-refractivity contribution in [1.29, 1.82) is 0 Å². The van der Waals surface area contributed by atoms with E-state index in [4.69, 9.17) is 9.41 Å². The summed E-state index contributed by atoms with van der Waals surface area (Å²) in [4.78, 5) is 9.68. The van der Waals surface area contributed by atoms with Crippen LogP contribution in [0.15, 0.2) is 167 Å². The molecule has 47 heavy (non-hydrogen) atoms. The van der Waals surface area contributed by atoms with E-state index >= 15 is 0 Å². The first-order valence-corrected chi connectivity index (χ1v) is 15.9. The molecule has 9 rings (SSSR count).